The van der Waals surface area contributed by atoms with Gasteiger partial charge in [-0.2, -0.15) is 0 Å². The van der Waals surface area contributed by atoms with Gasteiger partial charge in [-0.1, -0.05) is 32.9 Å². The van der Waals surface area contributed by atoms with Gasteiger partial charge in [0.2, 0.25) is 0 Å². The van der Waals surface area contributed by atoms with Crippen molar-refractivity contribution in [3.63, 3.8) is 0 Å². The number of rotatable bonds is 6. The van der Waals surface area contributed by atoms with E-state index in [9.17, 15) is 5.11 Å². The molecule has 0 amide bonds. The van der Waals surface area contributed by atoms with Gasteiger partial charge in [0.25, 0.3) is 0 Å². The molecule has 0 saturated heterocycles. The molecule has 3 nitrogen and oxygen atoms in total. The average molecular weight is 265 g/mol. The van der Waals surface area contributed by atoms with Crippen molar-refractivity contribution in [1.82, 2.24) is 5.32 Å². The van der Waals surface area contributed by atoms with E-state index in [0.29, 0.717) is 6.61 Å². The van der Waals surface area contributed by atoms with Gasteiger partial charge in [-0.3, -0.25) is 0 Å². The highest BCUT2D eigenvalue weighted by Crippen LogP contribution is 2.25. The van der Waals surface area contributed by atoms with Crippen LogP contribution < -0.4 is 10.1 Å². The van der Waals surface area contributed by atoms with Crippen molar-refractivity contribution < 1.29 is 9.84 Å². The first kappa shape index (κ1) is 16.0. The molecule has 0 aromatic heterocycles. The summed E-state index contributed by atoms with van der Waals surface area (Å²) in [5, 5.41) is 12.4. The molecule has 19 heavy (non-hydrogen) atoms. The van der Waals surface area contributed by atoms with E-state index in [1.165, 1.54) is 5.56 Å². The fourth-order valence-electron chi connectivity index (χ4n) is 1.73. The van der Waals surface area contributed by atoms with E-state index in [2.05, 4.69) is 38.2 Å². The Hall–Kier alpha value is -1.06. The molecule has 1 atom stereocenters. The van der Waals surface area contributed by atoms with Crippen LogP contribution in [0.25, 0.3) is 0 Å². The average Bonchev–Trinajstić information content (AvgIpc) is 2.38. The zero-order valence-electron chi connectivity index (χ0n) is 12.8. The molecule has 2 N–H and O–H groups in total. The third-order valence-electron chi connectivity index (χ3n) is 3.58. The summed E-state index contributed by atoms with van der Waals surface area (Å²) in [6.45, 7) is 9.25. The molecular formula is C16H27NO2. The number of aliphatic hydroxyl groups is 1. The van der Waals surface area contributed by atoms with E-state index >= 15 is 0 Å². The predicted octanol–water partition coefficient (Wildman–Crippen LogP) is 2.72. The van der Waals surface area contributed by atoms with Gasteiger partial charge in [0.1, 0.15) is 5.75 Å². The lowest BCUT2D eigenvalue weighted by molar-refractivity contribution is 0.151. The molecule has 1 rings (SSSR count). The van der Waals surface area contributed by atoms with Gasteiger partial charge in [0.05, 0.1) is 13.2 Å². The van der Waals surface area contributed by atoms with E-state index < -0.39 is 0 Å². The fraction of sp³-hybridized carbons (Fsp3) is 0.625. The number of aliphatic hydroxyl groups excluding tert-OH is 1. The van der Waals surface area contributed by atoms with Crippen LogP contribution in [-0.2, 0) is 5.41 Å². The first-order valence-electron chi connectivity index (χ1n) is 6.84. The van der Waals surface area contributed by atoms with Gasteiger partial charge in [0, 0.05) is 12.0 Å². The van der Waals surface area contributed by atoms with Crippen molar-refractivity contribution >= 4 is 0 Å². The Labute approximate surface area is 117 Å². The second-order valence-electron chi connectivity index (χ2n) is 6.35. The number of benzene rings is 1. The molecule has 0 aliphatic heterocycles. The predicted molar refractivity (Wildman–Crippen MR) is 79.8 cm³/mol. The largest absolute Gasteiger partial charge is 0.494 e. The van der Waals surface area contributed by atoms with Gasteiger partial charge in [-0.05, 0) is 37.1 Å². The quantitative estimate of drug-likeness (QED) is 0.831. The van der Waals surface area contributed by atoms with E-state index in [1.807, 2.05) is 26.1 Å². The van der Waals surface area contributed by atoms with Crippen molar-refractivity contribution in [3.05, 3.63) is 29.8 Å². The summed E-state index contributed by atoms with van der Waals surface area (Å²) in [5.74, 6) is 0.892. The van der Waals surface area contributed by atoms with Crippen molar-refractivity contribution in [3.8, 4) is 5.75 Å². The smallest absolute Gasteiger partial charge is 0.119 e. The van der Waals surface area contributed by atoms with E-state index in [0.717, 1.165) is 12.2 Å². The number of ether oxygens (including phenoxy) is 1. The molecule has 0 heterocycles. The minimum atomic E-state index is -0.276. The second kappa shape index (κ2) is 6.40. The summed E-state index contributed by atoms with van der Waals surface area (Å²) < 4.78 is 5.79. The summed E-state index contributed by atoms with van der Waals surface area (Å²) >= 11 is 0. The van der Waals surface area contributed by atoms with Crippen LogP contribution in [0, 0.1) is 0 Å². The molecule has 0 radical (unpaired) electrons. The molecule has 0 spiro atoms. The lowest BCUT2D eigenvalue weighted by Gasteiger charge is -2.26. The van der Waals surface area contributed by atoms with E-state index in [-0.39, 0.29) is 17.6 Å². The summed E-state index contributed by atoms with van der Waals surface area (Å²) in [4.78, 5) is 0. The Morgan fingerprint density at radius 3 is 2.42 bits per heavy atom. The van der Waals surface area contributed by atoms with Gasteiger partial charge in [-0.15, -0.1) is 0 Å². The molecule has 0 fully saturated rings. The normalized spacial score (nSPS) is 15.1. The van der Waals surface area contributed by atoms with Crippen molar-refractivity contribution in [2.75, 3.05) is 20.3 Å². The van der Waals surface area contributed by atoms with Crippen LogP contribution in [0.1, 0.15) is 39.7 Å². The van der Waals surface area contributed by atoms with Gasteiger partial charge in [-0.25, -0.2) is 0 Å². The molecule has 1 unspecified atom stereocenters. The maximum absolute atomic E-state index is 9.32. The number of hydrogen-bond donors (Lipinski definition) is 2. The Morgan fingerprint density at radius 1 is 1.21 bits per heavy atom. The summed E-state index contributed by atoms with van der Waals surface area (Å²) in [6.07, 6.45) is 0.764. The summed E-state index contributed by atoms with van der Waals surface area (Å²) in [5.41, 5.74) is 1.12. The number of hydrogen-bond acceptors (Lipinski definition) is 3. The third kappa shape index (κ3) is 4.84. The van der Waals surface area contributed by atoms with Crippen LogP contribution in [0.5, 0.6) is 5.75 Å². The SMILES string of the molecule is CNC(C)(CO)CCOc1cccc(C(C)(C)C)c1. The molecular weight excluding hydrogens is 238 g/mol. The molecule has 108 valence electrons. The molecule has 0 aliphatic rings. The highest BCUT2D eigenvalue weighted by atomic mass is 16.5. The lowest BCUT2D eigenvalue weighted by Crippen LogP contribution is -2.44. The topological polar surface area (TPSA) is 41.5 Å². The van der Waals surface area contributed by atoms with Crippen LogP contribution in [0.2, 0.25) is 0 Å². The lowest BCUT2D eigenvalue weighted by atomic mass is 9.87. The third-order valence-corrected chi connectivity index (χ3v) is 3.58. The standard InChI is InChI=1S/C16H27NO2/c1-15(2,3)13-7-6-8-14(11-13)19-10-9-16(4,12-18)17-5/h6-8,11,17-18H,9-10,12H2,1-5H3. The minimum Gasteiger partial charge on any atom is -0.494 e. The van der Waals surface area contributed by atoms with Crippen LogP contribution in [0.3, 0.4) is 0 Å². The van der Waals surface area contributed by atoms with Crippen LogP contribution in [0.15, 0.2) is 24.3 Å². The number of likely N-dealkylation sites (N-methyl/N-ethyl adjacent to an activating group) is 1. The monoisotopic (exact) mass is 265 g/mol. The van der Waals surface area contributed by atoms with Crippen molar-refractivity contribution in [2.45, 2.75) is 45.1 Å². The van der Waals surface area contributed by atoms with Gasteiger partial charge >= 0.3 is 0 Å². The molecule has 0 bridgehead atoms. The fourth-order valence-corrected chi connectivity index (χ4v) is 1.73. The molecule has 0 saturated carbocycles. The Kier molecular flexibility index (Phi) is 5.39. The first-order chi connectivity index (χ1) is 8.80. The molecule has 1 aromatic rings. The zero-order valence-corrected chi connectivity index (χ0v) is 12.8. The maximum atomic E-state index is 9.32. The minimum absolute atomic E-state index is 0.106. The second-order valence-corrected chi connectivity index (χ2v) is 6.35. The maximum Gasteiger partial charge on any atom is 0.119 e. The molecule has 0 aliphatic carbocycles. The Bertz CT molecular complexity index is 392. The summed E-state index contributed by atoms with van der Waals surface area (Å²) in [7, 11) is 1.86. The van der Waals surface area contributed by atoms with E-state index in [4.69, 9.17) is 4.74 Å². The van der Waals surface area contributed by atoms with Crippen LogP contribution >= 0.6 is 0 Å². The van der Waals surface area contributed by atoms with Crippen molar-refractivity contribution in [2.24, 2.45) is 0 Å². The zero-order chi connectivity index (χ0) is 14.5. The highest BCUT2D eigenvalue weighted by molar-refractivity contribution is 5.32. The Morgan fingerprint density at radius 2 is 1.89 bits per heavy atom. The van der Waals surface area contributed by atoms with Crippen LogP contribution in [0.4, 0.5) is 0 Å². The van der Waals surface area contributed by atoms with E-state index in [1.54, 1.807) is 0 Å². The van der Waals surface area contributed by atoms with Gasteiger partial charge < -0.3 is 15.2 Å². The molecule has 1 aromatic carbocycles. The van der Waals surface area contributed by atoms with Crippen LogP contribution in [-0.4, -0.2) is 30.9 Å². The van der Waals surface area contributed by atoms with Crippen molar-refractivity contribution in [1.29, 1.82) is 0 Å². The van der Waals surface area contributed by atoms with Gasteiger partial charge in [0.15, 0.2) is 0 Å². The highest BCUT2D eigenvalue weighted by Gasteiger charge is 2.20. The first-order valence-corrected chi connectivity index (χ1v) is 6.84. The Balaban J connectivity index is 2.59. The summed E-state index contributed by atoms with van der Waals surface area (Å²) in [6, 6.07) is 8.22. The molecule has 3 heteroatoms. The number of nitrogens with one attached hydrogen (secondary N) is 1.